The van der Waals surface area contributed by atoms with E-state index in [9.17, 15) is 15.0 Å². The minimum absolute atomic E-state index is 0.189. The van der Waals surface area contributed by atoms with E-state index in [4.69, 9.17) is 0 Å². The van der Waals surface area contributed by atoms with Crippen LogP contribution in [-0.4, -0.2) is 21.1 Å². The summed E-state index contributed by atoms with van der Waals surface area (Å²) in [5, 5.41) is 22.4. The number of phenols is 2. The van der Waals surface area contributed by atoms with Crippen molar-refractivity contribution in [2.75, 3.05) is 0 Å². The zero-order chi connectivity index (χ0) is 15.5. The second kappa shape index (κ2) is 5.73. The number of aromatic hydroxyl groups is 2. The van der Waals surface area contributed by atoms with E-state index in [2.05, 4.69) is 10.3 Å². The summed E-state index contributed by atoms with van der Waals surface area (Å²) >= 11 is 0. The molecule has 5 nitrogen and oxygen atoms in total. The van der Waals surface area contributed by atoms with Crippen molar-refractivity contribution in [3.05, 3.63) is 65.9 Å². The standard InChI is InChI=1S/C17H14N2O3/c20-15-8-5-11(9-16(15)21)10-18-17(22)14-7-6-12-3-1-2-4-13(12)19-14/h1-9,20-21H,10H2,(H,18,22). The van der Waals surface area contributed by atoms with Gasteiger partial charge in [-0.25, -0.2) is 4.98 Å². The number of nitrogens with zero attached hydrogens (tertiary/aromatic N) is 1. The van der Waals surface area contributed by atoms with Gasteiger partial charge in [-0.05, 0) is 29.8 Å². The summed E-state index contributed by atoms with van der Waals surface area (Å²) < 4.78 is 0. The van der Waals surface area contributed by atoms with Gasteiger partial charge in [0.25, 0.3) is 5.91 Å². The van der Waals surface area contributed by atoms with Gasteiger partial charge >= 0.3 is 0 Å². The fourth-order valence-corrected chi connectivity index (χ4v) is 2.14. The molecule has 0 aliphatic rings. The number of fused-ring (bicyclic) bond motifs is 1. The van der Waals surface area contributed by atoms with Crippen molar-refractivity contribution >= 4 is 16.8 Å². The van der Waals surface area contributed by atoms with Crippen LogP contribution in [0.4, 0.5) is 0 Å². The van der Waals surface area contributed by atoms with Crippen LogP contribution in [0.1, 0.15) is 16.1 Å². The lowest BCUT2D eigenvalue weighted by atomic mass is 10.2. The zero-order valence-electron chi connectivity index (χ0n) is 11.7. The van der Waals surface area contributed by atoms with Crippen molar-refractivity contribution < 1.29 is 15.0 Å². The van der Waals surface area contributed by atoms with Crippen LogP contribution in [0.25, 0.3) is 10.9 Å². The Balaban J connectivity index is 1.74. The molecule has 0 atom stereocenters. The molecule has 5 heteroatoms. The third-order valence-corrected chi connectivity index (χ3v) is 3.32. The summed E-state index contributed by atoms with van der Waals surface area (Å²) in [5.74, 6) is -0.694. The second-order valence-corrected chi connectivity index (χ2v) is 4.89. The van der Waals surface area contributed by atoms with Gasteiger partial charge in [-0.3, -0.25) is 4.79 Å². The molecule has 1 heterocycles. The van der Waals surface area contributed by atoms with Gasteiger partial charge in [0.05, 0.1) is 5.52 Å². The molecular formula is C17H14N2O3. The Hall–Kier alpha value is -3.08. The number of pyridine rings is 1. The molecule has 0 aliphatic carbocycles. The highest BCUT2D eigenvalue weighted by molar-refractivity contribution is 5.94. The van der Waals surface area contributed by atoms with Crippen LogP contribution < -0.4 is 5.32 Å². The van der Waals surface area contributed by atoms with Crippen LogP contribution >= 0.6 is 0 Å². The van der Waals surface area contributed by atoms with Crippen molar-refractivity contribution in [1.29, 1.82) is 0 Å². The molecule has 22 heavy (non-hydrogen) atoms. The van der Waals surface area contributed by atoms with E-state index in [1.807, 2.05) is 30.3 Å². The van der Waals surface area contributed by atoms with Crippen molar-refractivity contribution in [1.82, 2.24) is 10.3 Å². The molecule has 0 aliphatic heterocycles. The van der Waals surface area contributed by atoms with Crippen LogP contribution in [-0.2, 0) is 6.54 Å². The summed E-state index contributed by atoms with van der Waals surface area (Å²) in [5.41, 5.74) is 1.78. The number of aromatic nitrogens is 1. The molecule has 3 rings (SSSR count). The molecule has 3 N–H and O–H groups in total. The van der Waals surface area contributed by atoms with Crippen molar-refractivity contribution in [2.24, 2.45) is 0 Å². The lowest BCUT2D eigenvalue weighted by Gasteiger charge is -2.07. The Kier molecular flexibility index (Phi) is 3.62. The molecule has 0 saturated carbocycles. The first kappa shape index (κ1) is 13.9. The molecule has 0 saturated heterocycles. The summed E-state index contributed by atoms with van der Waals surface area (Å²) in [6.07, 6.45) is 0. The zero-order valence-corrected chi connectivity index (χ0v) is 11.7. The molecule has 0 spiro atoms. The normalized spacial score (nSPS) is 10.5. The number of phenolic OH excluding ortho intramolecular Hbond substituents is 2. The van der Waals surface area contributed by atoms with E-state index in [1.165, 1.54) is 12.1 Å². The van der Waals surface area contributed by atoms with E-state index in [0.29, 0.717) is 11.3 Å². The molecule has 2 aromatic carbocycles. The number of para-hydroxylation sites is 1. The lowest BCUT2D eigenvalue weighted by Crippen LogP contribution is -2.23. The molecule has 0 bridgehead atoms. The Labute approximate surface area is 126 Å². The number of carbonyl (C=O) groups excluding carboxylic acids is 1. The minimum Gasteiger partial charge on any atom is -0.504 e. The maximum absolute atomic E-state index is 12.1. The maximum Gasteiger partial charge on any atom is 0.270 e. The van der Waals surface area contributed by atoms with Crippen LogP contribution in [0.15, 0.2) is 54.6 Å². The van der Waals surface area contributed by atoms with Crippen LogP contribution in [0.3, 0.4) is 0 Å². The number of rotatable bonds is 3. The highest BCUT2D eigenvalue weighted by Crippen LogP contribution is 2.24. The number of carbonyl (C=O) groups is 1. The third-order valence-electron chi connectivity index (χ3n) is 3.32. The van der Waals surface area contributed by atoms with Crippen molar-refractivity contribution in [3.63, 3.8) is 0 Å². The fraction of sp³-hybridized carbons (Fsp3) is 0.0588. The first-order valence-electron chi connectivity index (χ1n) is 6.78. The maximum atomic E-state index is 12.1. The van der Waals surface area contributed by atoms with Gasteiger partial charge in [0.1, 0.15) is 5.69 Å². The lowest BCUT2D eigenvalue weighted by molar-refractivity contribution is 0.0946. The molecule has 0 fully saturated rings. The monoisotopic (exact) mass is 294 g/mol. The largest absolute Gasteiger partial charge is 0.504 e. The average molecular weight is 294 g/mol. The molecule has 0 unspecified atom stereocenters. The number of benzene rings is 2. The fourth-order valence-electron chi connectivity index (χ4n) is 2.14. The predicted molar refractivity (Wildman–Crippen MR) is 82.7 cm³/mol. The summed E-state index contributed by atoms with van der Waals surface area (Å²) in [4.78, 5) is 16.4. The number of hydrogen-bond donors (Lipinski definition) is 3. The molecule has 110 valence electrons. The Morgan fingerprint density at radius 3 is 2.64 bits per heavy atom. The van der Waals surface area contributed by atoms with E-state index in [0.717, 1.165) is 10.9 Å². The number of hydrogen-bond acceptors (Lipinski definition) is 4. The van der Waals surface area contributed by atoms with E-state index < -0.39 is 0 Å². The first-order chi connectivity index (χ1) is 10.6. The Morgan fingerprint density at radius 1 is 1.00 bits per heavy atom. The smallest absolute Gasteiger partial charge is 0.270 e. The van der Waals surface area contributed by atoms with Gasteiger partial charge < -0.3 is 15.5 Å². The highest BCUT2D eigenvalue weighted by atomic mass is 16.3. The second-order valence-electron chi connectivity index (χ2n) is 4.89. The van der Waals surface area contributed by atoms with Gasteiger partial charge in [-0.1, -0.05) is 30.3 Å². The van der Waals surface area contributed by atoms with Gasteiger partial charge in [0.15, 0.2) is 11.5 Å². The van der Waals surface area contributed by atoms with Gasteiger partial charge in [-0.2, -0.15) is 0 Å². The molecule has 1 amide bonds. The van der Waals surface area contributed by atoms with E-state index in [-0.39, 0.29) is 24.0 Å². The summed E-state index contributed by atoms with van der Waals surface area (Å²) in [6, 6.07) is 15.5. The SMILES string of the molecule is O=C(NCc1ccc(O)c(O)c1)c1ccc2ccccc2n1. The van der Waals surface area contributed by atoms with Crippen LogP contribution in [0.5, 0.6) is 11.5 Å². The first-order valence-corrected chi connectivity index (χ1v) is 6.78. The summed E-state index contributed by atoms with van der Waals surface area (Å²) in [7, 11) is 0. The van der Waals surface area contributed by atoms with Crippen LogP contribution in [0.2, 0.25) is 0 Å². The van der Waals surface area contributed by atoms with E-state index >= 15 is 0 Å². The average Bonchev–Trinajstić information content (AvgIpc) is 2.55. The predicted octanol–water partition coefficient (Wildman–Crippen LogP) is 2.58. The highest BCUT2D eigenvalue weighted by Gasteiger charge is 2.08. The Bertz CT molecular complexity index is 846. The third kappa shape index (κ3) is 2.83. The van der Waals surface area contributed by atoms with Gasteiger partial charge in [-0.15, -0.1) is 0 Å². The van der Waals surface area contributed by atoms with E-state index in [1.54, 1.807) is 12.1 Å². The topological polar surface area (TPSA) is 82.5 Å². The van der Waals surface area contributed by atoms with Crippen molar-refractivity contribution in [3.8, 4) is 11.5 Å². The number of nitrogens with one attached hydrogen (secondary N) is 1. The minimum atomic E-state index is -0.293. The number of amides is 1. The van der Waals surface area contributed by atoms with Crippen LogP contribution in [0, 0.1) is 0 Å². The molecule has 3 aromatic rings. The van der Waals surface area contributed by atoms with Crippen molar-refractivity contribution in [2.45, 2.75) is 6.54 Å². The van der Waals surface area contributed by atoms with Gasteiger partial charge in [0, 0.05) is 11.9 Å². The van der Waals surface area contributed by atoms with Gasteiger partial charge in [0.2, 0.25) is 0 Å². The Morgan fingerprint density at radius 2 is 1.82 bits per heavy atom. The molecule has 1 aromatic heterocycles. The summed E-state index contributed by atoms with van der Waals surface area (Å²) in [6.45, 7) is 0.237. The molecule has 0 radical (unpaired) electrons. The quantitative estimate of drug-likeness (QED) is 0.648. The molecular weight excluding hydrogens is 280 g/mol.